The van der Waals surface area contributed by atoms with E-state index in [9.17, 15) is 22.0 Å². The molecule has 3 aromatic heterocycles. The molecule has 0 bridgehead atoms. The van der Waals surface area contributed by atoms with Crippen LogP contribution in [0.4, 0.5) is 33.6 Å². The molecule has 4 aromatic rings. The van der Waals surface area contributed by atoms with Gasteiger partial charge in [-0.15, -0.1) is 0 Å². The van der Waals surface area contributed by atoms with E-state index >= 15 is 0 Å². The second-order valence-corrected chi connectivity index (χ2v) is 8.24. The third kappa shape index (κ3) is 5.91. The van der Waals surface area contributed by atoms with E-state index in [2.05, 4.69) is 25.3 Å². The van der Waals surface area contributed by atoms with Crippen LogP contribution in [0.15, 0.2) is 61.2 Å². The van der Waals surface area contributed by atoms with Crippen molar-refractivity contribution in [3.05, 3.63) is 95.1 Å². The van der Waals surface area contributed by atoms with Gasteiger partial charge in [-0.25, -0.2) is 23.7 Å². The Morgan fingerprint density at radius 1 is 0.833 bits per heavy atom. The summed E-state index contributed by atoms with van der Waals surface area (Å²) in [4.78, 5) is 16.5. The number of aromatic nitrogens is 4. The van der Waals surface area contributed by atoms with Crippen LogP contribution in [-0.4, -0.2) is 19.9 Å². The molecule has 0 saturated heterocycles. The summed E-state index contributed by atoms with van der Waals surface area (Å²) in [5.41, 5.74) is 7.29. The average molecular weight is 500 g/mol. The van der Waals surface area contributed by atoms with Gasteiger partial charge in [0, 0.05) is 18.9 Å². The predicted molar refractivity (Wildman–Crippen MR) is 125 cm³/mol. The van der Waals surface area contributed by atoms with E-state index in [0.29, 0.717) is 28.3 Å². The molecule has 3 heterocycles. The summed E-state index contributed by atoms with van der Waals surface area (Å²) in [6.07, 6.45) is 0.903. The molecule has 0 amide bonds. The molecule has 3 N–H and O–H groups in total. The maximum Gasteiger partial charge on any atom is 0.417 e. The van der Waals surface area contributed by atoms with Gasteiger partial charge in [0.2, 0.25) is 0 Å². The predicted octanol–water partition coefficient (Wildman–Crippen LogP) is 5.77. The molecule has 0 radical (unpaired) electrons. The molecular weight excluding hydrogens is 479 g/mol. The Bertz CT molecular complexity index is 1340. The lowest BCUT2D eigenvalue weighted by Crippen LogP contribution is -2.12. The van der Waals surface area contributed by atoms with Gasteiger partial charge in [-0.05, 0) is 53.3 Å². The topological polar surface area (TPSA) is 89.6 Å². The van der Waals surface area contributed by atoms with E-state index in [1.54, 1.807) is 25.3 Å². The van der Waals surface area contributed by atoms with Crippen molar-refractivity contribution in [2.75, 3.05) is 11.1 Å². The van der Waals surface area contributed by atoms with Gasteiger partial charge in [-0.3, -0.25) is 4.98 Å². The van der Waals surface area contributed by atoms with Crippen LogP contribution < -0.4 is 11.1 Å². The van der Waals surface area contributed by atoms with Crippen molar-refractivity contribution in [3.63, 3.8) is 0 Å². The molecule has 0 saturated carbocycles. The van der Waals surface area contributed by atoms with Crippen molar-refractivity contribution in [3.8, 4) is 11.4 Å². The van der Waals surface area contributed by atoms with Crippen molar-refractivity contribution in [1.29, 1.82) is 0 Å². The lowest BCUT2D eigenvalue weighted by molar-refractivity contribution is -0.137. The molecule has 0 spiro atoms. The zero-order valence-corrected chi connectivity index (χ0v) is 19.0. The molecule has 0 aliphatic carbocycles. The first-order chi connectivity index (χ1) is 17.1. The van der Waals surface area contributed by atoms with Crippen molar-refractivity contribution in [1.82, 2.24) is 19.9 Å². The lowest BCUT2D eigenvalue weighted by Gasteiger charge is -2.19. The number of nitrogen functional groups attached to an aromatic ring is 1. The fourth-order valence-electron chi connectivity index (χ4n) is 3.63. The molecule has 6 nitrogen and oxygen atoms in total. The third-order valence-corrected chi connectivity index (χ3v) is 5.52. The molecule has 1 aromatic carbocycles. The molecule has 0 aliphatic rings. The number of benzene rings is 1. The van der Waals surface area contributed by atoms with E-state index in [4.69, 9.17) is 5.73 Å². The highest BCUT2D eigenvalue weighted by Gasteiger charge is 2.32. The zero-order chi connectivity index (χ0) is 25.9. The third-order valence-electron chi connectivity index (χ3n) is 5.52. The number of pyridine rings is 2. The number of hydrogen-bond donors (Lipinski definition) is 2. The Kier molecular flexibility index (Phi) is 7.09. The summed E-state index contributed by atoms with van der Waals surface area (Å²) >= 11 is 0. The van der Waals surface area contributed by atoms with E-state index in [1.165, 1.54) is 18.5 Å². The average Bonchev–Trinajstić information content (AvgIpc) is 2.85. The van der Waals surface area contributed by atoms with E-state index < -0.39 is 29.3 Å². The van der Waals surface area contributed by atoms with Crippen molar-refractivity contribution >= 4 is 11.6 Å². The summed E-state index contributed by atoms with van der Waals surface area (Å²) in [5, 5.41) is 3.07. The first-order valence-electron chi connectivity index (χ1n) is 10.9. The number of nitrogens with zero attached hydrogens (tertiary/aromatic N) is 4. The fraction of sp³-hybridized carbons (Fsp3) is 0.200. The monoisotopic (exact) mass is 500 g/mol. The number of alkyl halides is 3. The number of hydrogen-bond acceptors (Lipinski definition) is 6. The SMILES string of the molecule is CC(Cc1ccc(F)c(F)c1)c1cc(C(F)(F)F)cnc1NCc1ccc(-c2cnc(N)cn2)nc1. The minimum absolute atomic E-state index is 0.188. The molecule has 1 unspecified atom stereocenters. The molecule has 0 aliphatic heterocycles. The highest BCUT2D eigenvalue weighted by Crippen LogP contribution is 2.34. The molecule has 4 rings (SSSR count). The van der Waals surface area contributed by atoms with Crippen molar-refractivity contribution in [2.45, 2.75) is 32.0 Å². The van der Waals surface area contributed by atoms with E-state index in [1.807, 2.05) is 0 Å². The largest absolute Gasteiger partial charge is 0.417 e. The van der Waals surface area contributed by atoms with Gasteiger partial charge >= 0.3 is 6.18 Å². The van der Waals surface area contributed by atoms with Crippen LogP contribution in [0.3, 0.4) is 0 Å². The van der Waals surface area contributed by atoms with Gasteiger partial charge in [-0.1, -0.05) is 19.1 Å². The summed E-state index contributed by atoms with van der Waals surface area (Å²) in [7, 11) is 0. The maximum absolute atomic E-state index is 13.6. The number of nitrogens with one attached hydrogen (secondary N) is 1. The lowest BCUT2D eigenvalue weighted by atomic mass is 9.93. The Morgan fingerprint density at radius 3 is 2.22 bits per heavy atom. The number of nitrogens with two attached hydrogens (primary N) is 1. The highest BCUT2D eigenvalue weighted by atomic mass is 19.4. The Hall–Kier alpha value is -4.15. The van der Waals surface area contributed by atoms with Crippen LogP contribution in [0, 0.1) is 11.6 Å². The van der Waals surface area contributed by atoms with Crippen LogP contribution in [0.2, 0.25) is 0 Å². The van der Waals surface area contributed by atoms with Crippen molar-refractivity contribution < 1.29 is 22.0 Å². The minimum Gasteiger partial charge on any atom is -0.382 e. The van der Waals surface area contributed by atoms with Gasteiger partial charge in [0.15, 0.2) is 11.6 Å². The van der Waals surface area contributed by atoms with Crippen LogP contribution in [0.25, 0.3) is 11.4 Å². The second kappa shape index (κ2) is 10.2. The van der Waals surface area contributed by atoms with Gasteiger partial charge < -0.3 is 11.1 Å². The molecular formula is C25H21F5N6. The standard InChI is InChI=1S/C25H21F5N6/c1-14(6-15-2-4-19(26)20(27)7-15)18-8-17(25(28,29)30)11-36-24(18)35-10-16-3-5-21(32-9-16)22-12-34-23(31)13-33-22/h2-5,7-9,11-14H,6,10H2,1H3,(H2,31,34)(H,35,36). The minimum atomic E-state index is -4.58. The van der Waals surface area contributed by atoms with Crippen molar-refractivity contribution in [2.24, 2.45) is 0 Å². The van der Waals surface area contributed by atoms with Gasteiger partial charge in [0.25, 0.3) is 0 Å². The molecule has 0 fully saturated rings. The smallest absolute Gasteiger partial charge is 0.382 e. The Morgan fingerprint density at radius 2 is 1.58 bits per heavy atom. The van der Waals surface area contributed by atoms with Gasteiger partial charge in [0.05, 0.1) is 23.7 Å². The molecule has 36 heavy (non-hydrogen) atoms. The summed E-state index contributed by atoms with van der Waals surface area (Å²) in [6.45, 7) is 1.94. The van der Waals surface area contributed by atoms with Crippen LogP contribution in [0.1, 0.15) is 35.1 Å². The normalized spacial score (nSPS) is 12.4. The Balaban J connectivity index is 1.54. The number of halogens is 5. The van der Waals surface area contributed by atoms with E-state index in [0.717, 1.165) is 30.0 Å². The van der Waals surface area contributed by atoms with Crippen LogP contribution >= 0.6 is 0 Å². The zero-order valence-electron chi connectivity index (χ0n) is 19.0. The molecule has 186 valence electrons. The summed E-state index contributed by atoms with van der Waals surface area (Å²) < 4.78 is 67.0. The summed E-state index contributed by atoms with van der Waals surface area (Å²) in [6, 6.07) is 8.00. The van der Waals surface area contributed by atoms with Crippen LogP contribution in [-0.2, 0) is 19.1 Å². The second-order valence-electron chi connectivity index (χ2n) is 8.24. The fourth-order valence-corrected chi connectivity index (χ4v) is 3.63. The first-order valence-corrected chi connectivity index (χ1v) is 10.9. The maximum atomic E-state index is 13.6. The Labute approximate surface area is 203 Å². The van der Waals surface area contributed by atoms with E-state index in [-0.39, 0.29) is 18.8 Å². The highest BCUT2D eigenvalue weighted by molar-refractivity contribution is 5.54. The number of rotatable bonds is 7. The summed E-state index contributed by atoms with van der Waals surface area (Å²) in [5.74, 6) is -1.93. The molecule has 11 heteroatoms. The van der Waals surface area contributed by atoms with Gasteiger partial charge in [-0.2, -0.15) is 13.2 Å². The quantitative estimate of drug-likeness (QED) is 0.313. The van der Waals surface area contributed by atoms with Crippen LogP contribution in [0.5, 0.6) is 0 Å². The molecule has 1 atom stereocenters. The first kappa shape index (κ1) is 25.0. The van der Waals surface area contributed by atoms with Gasteiger partial charge in [0.1, 0.15) is 17.3 Å². The number of anilines is 2.